The molecule has 5 rings (SSSR count). The summed E-state index contributed by atoms with van der Waals surface area (Å²) in [6, 6.07) is 24.7. The molecule has 0 radical (unpaired) electrons. The van der Waals surface area contributed by atoms with Gasteiger partial charge in [0.25, 0.3) is 5.91 Å². The van der Waals surface area contributed by atoms with Gasteiger partial charge < -0.3 is 9.64 Å². The van der Waals surface area contributed by atoms with E-state index in [2.05, 4.69) is 0 Å². The van der Waals surface area contributed by atoms with Crippen LogP contribution in [-0.2, 0) is 4.74 Å². The lowest BCUT2D eigenvalue weighted by atomic mass is 9.99. The largest absolute Gasteiger partial charge is 0.439 e. The Morgan fingerprint density at radius 2 is 1.71 bits per heavy atom. The minimum Gasteiger partial charge on any atom is -0.439 e. The Hall–Kier alpha value is -3.31. The highest BCUT2D eigenvalue weighted by Crippen LogP contribution is 2.37. The second-order valence-corrected chi connectivity index (χ2v) is 8.44. The van der Waals surface area contributed by atoms with Crippen molar-refractivity contribution in [3.63, 3.8) is 0 Å². The number of ether oxygens (including phenoxy) is 1. The Labute approximate surface area is 185 Å². The summed E-state index contributed by atoms with van der Waals surface area (Å²) in [5.41, 5.74) is 2.56. The molecule has 31 heavy (non-hydrogen) atoms. The first-order chi connectivity index (χ1) is 15.0. The monoisotopic (exact) mass is 432 g/mol. The minimum absolute atomic E-state index is 0.0476. The topological polar surface area (TPSA) is 49.9 Å². The van der Waals surface area contributed by atoms with E-state index in [1.54, 1.807) is 28.0 Å². The number of rotatable bonds is 3. The predicted octanol–water partition coefficient (Wildman–Crippen LogP) is 5.25. The summed E-state index contributed by atoms with van der Waals surface area (Å²) in [7, 11) is 0. The minimum atomic E-state index is -0.698. The van der Waals surface area contributed by atoms with Gasteiger partial charge in [0.15, 0.2) is 5.60 Å². The third-order valence-electron chi connectivity index (χ3n) is 5.94. The van der Waals surface area contributed by atoms with E-state index in [-0.39, 0.29) is 5.91 Å². The van der Waals surface area contributed by atoms with Crippen LogP contribution in [0.2, 0.25) is 5.02 Å². The zero-order valence-corrected chi connectivity index (χ0v) is 17.6. The molecule has 2 saturated heterocycles. The van der Waals surface area contributed by atoms with Gasteiger partial charge >= 0.3 is 6.09 Å². The van der Waals surface area contributed by atoms with E-state index in [9.17, 15) is 9.59 Å². The van der Waals surface area contributed by atoms with Crippen LogP contribution in [0.15, 0.2) is 78.9 Å². The molecule has 0 aliphatic carbocycles. The molecule has 0 bridgehead atoms. The molecule has 5 nitrogen and oxygen atoms in total. The average Bonchev–Trinajstić information content (AvgIpc) is 3.36. The first-order valence-electron chi connectivity index (χ1n) is 10.2. The molecule has 156 valence electrons. The Bertz CT molecular complexity index is 1150. The normalized spacial score (nSPS) is 20.4. The predicted molar refractivity (Wildman–Crippen MR) is 120 cm³/mol. The molecule has 3 aromatic carbocycles. The van der Waals surface area contributed by atoms with Crippen LogP contribution in [-0.4, -0.2) is 42.1 Å². The summed E-state index contributed by atoms with van der Waals surface area (Å²) in [5, 5.41) is 0.562. The molecule has 1 spiro atoms. The Balaban J connectivity index is 1.37. The third kappa shape index (κ3) is 3.66. The molecular weight excluding hydrogens is 412 g/mol. The maximum atomic E-state index is 13.4. The zero-order chi connectivity index (χ0) is 21.4. The van der Waals surface area contributed by atoms with Gasteiger partial charge in [-0.05, 0) is 35.4 Å². The fraction of sp³-hybridized carbons (Fsp3) is 0.200. The zero-order valence-electron chi connectivity index (χ0n) is 16.8. The van der Waals surface area contributed by atoms with E-state index in [1.165, 1.54) is 0 Å². The van der Waals surface area contributed by atoms with Gasteiger partial charge in [-0.15, -0.1) is 0 Å². The number of carbonyl (C=O) groups excluding carboxylic acids is 2. The molecule has 0 unspecified atom stereocenters. The molecule has 2 aliphatic rings. The Kier molecular flexibility index (Phi) is 4.91. The van der Waals surface area contributed by atoms with Crippen LogP contribution in [0.5, 0.6) is 0 Å². The van der Waals surface area contributed by atoms with Crippen molar-refractivity contribution < 1.29 is 14.3 Å². The van der Waals surface area contributed by atoms with E-state index in [0.717, 1.165) is 11.1 Å². The number of carbonyl (C=O) groups is 2. The summed E-state index contributed by atoms with van der Waals surface area (Å²) >= 11 is 6.09. The van der Waals surface area contributed by atoms with Crippen LogP contribution in [0.1, 0.15) is 16.8 Å². The van der Waals surface area contributed by atoms with E-state index in [4.69, 9.17) is 16.3 Å². The first kappa shape index (κ1) is 19.6. The molecule has 2 amide bonds. The number of anilines is 1. The van der Waals surface area contributed by atoms with Gasteiger partial charge in [0.2, 0.25) is 0 Å². The molecule has 0 N–H and O–H groups in total. The highest BCUT2D eigenvalue weighted by molar-refractivity contribution is 6.30. The second-order valence-electron chi connectivity index (χ2n) is 8.01. The standard InChI is InChI=1S/C25H21ClN2O3/c26-19-9-6-10-20(15-19)28-17-25(31-24(28)30)13-14-27(16-25)23(29)22-12-5-4-11-21(22)18-7-2-1-3-8-18/h1-12,15H,13-14,16-17H2/t25-/m1/s1. The quantitative estimate of drug-likeness (QED) is 0.568. The van der Waals surface area contributed by atoms with Crippen molar-refractivity contribution in [1.82, 2.24) is 4.90 Å². The van der Waals surface area contributed by atoms with Gasteiger partial charge in [0.1, 0.15) is 0 Å². The summed E-state index contributed by atoms with van der Waals surface area (Å²) in [6.45, 7) is 1.31. The van der Waals surface area contributed by atoms with Crippen molar-refractivity contribution in [3.05, 3.63) is 89.4 Å². The van der Waals surface area contributed by atoms with Gasteiger partial charge in [-0.25, -0.2) is 4.79 Å². The van der Waals surface area contributed by atoms with Gasteiger partial charge in [-0.1, -0.05) is 66.2 Å². The highest BCUT2D eigenvalue weighted by atomic mass is 35.5. The lowest BCUT2D eigenvalue weighted by Crippen LogP contribution is -2.39. The number of amides is 2. The van der Waals surface area contributed by atoms with E-state index in [1.807, 2.05) is 60.7 Å². The van der Waals surface area contributed by atoms with Crippen LogP contribution in [0.3, 0.4) is 0 Å². The van der Waals surface area contributed by atoms with Crippen molar-refractivity contribution in [2.24, 2.45) is 0 Å². The number of hydrogen-bond acceptors (Lipinski definition) is 3. The van der Waals surface area contributed by atoms with Crippen LogP contribution in [0.4, 0.5) is 10.5 Å². The second kappa shape index (κ2) is 7.75. The van der Waals surface area contributed by atoms with Gasteiger partial charge in [-0.3, -0.25) is 9.69 Å². The van der Waals surface area contributed by atoms with E-state index < -0.39 is 11.7 Å². The third-order valence-corrected chi connectivity index (χ3v) is 6.17. The van der Waals surface area contributed by atoms with Crippen molar-refractivity contribution >= 4 is 29.3 Å². The lowest BCUT2D eigenvalue weighted by molar-refractivity contribution is 0.0554. The number of hydrogen-bond donors (Lipinski definition) is 0. The Morgan fingerprint density at radius 1 is 0.935 bits per heavy atom. The van der Waals surface area contributed by atoms with Crippen LogP contribution >= 0.6 is 11.6 Å². The average molecular weight is 433 g/mol. The molecular formula is C25H21ClN2O3. The van der Waals surface area contributed by atoms with E-state index in [0.29, 0.717) is 42.3 Å². The van der Waals surface area contributed by atoms with Crippen molar-refractivity contribution in [2.45, 2.75) is 12.0 Å². The number of nitrogens with zero attached hydrogens (tertiary/aromatic N) is 2. The van der Waals surface area contributed by atoms with Crippen LogP contribution in [0, 0.1) is 0 Å². The molecule has 3 aromatic rings. The first-order valence-corrected chi connectivity index (χ1v) is 10.6. The summed E-state index contributed by atoms with van der Waals surface area (Å²) in [5.74, 6) is -0.0476. The lowest BCUT2D eigenvalue weighted by Gasteiger charge is -2.23. The van der Waals surface area contributed by atoms with Crippen LogP contribution < -0.4 is 4.90 Å². The molecule has 2 fully saturated rings. The fourth-order valence-corrected chi connectivity index (χ4v) is 4.59. The summed E-state index contributed by atoms with van der Waals surface area (Å²) in [6.07, 6.45) is 0.205. The maximum absolute atomic E-state index is 13.4. The van der Waals surface area contributed by atoms with Crippen molar-refractivity contribution in [1.29, 1.82) is 0 Å². The SMILES string of the molecule is O=C(c1ccccc1-c1ccccc1)N1CC[C@@]2(C1)CN(c1cccc(Cl)c1)C(=O)O2. The summed E-state index contributed by atoms with van der Waals surface area (Å²) < 4.78 is 5.80. The molecule has 0 aromatic heterocycles. The van der Waals surface area contributed by atoms with Crippen LogP contribution in [0.25, 0.3) is 11.1 Å². The molecule has 2 aliphatic heterocycles. The number of halogens is 1. The number of benzene rings is 3. The number of likely N-dealkylation sites (tertiary alicyclic amines) is 1. The molecule has 1 atom stereocenters. The van der Waals surface area contributed by atoms with Gasteiger partial charge in [0, 0.05) is 29.2 Å². The van der Waals surface area contributed by atoms with Crippen molar-refractivity contribution in [2.75, 3.05) is 24.5 Å². The smallest absolute Gasteiger partial charge is 0.415 e. The molecule has 6 heteroatoms. The summed E-state index contributed by atoms with van der Waals surface area (Å²) in [4.78, 5) is 29.4. The van der Waals surface area contributed by atoms with Gasteiger partial charge in [-0.2, -0.15) is 0 Å². The Morgan fingerprint density at radius 3 is 2.52 bits per heavy atom. The van der Waals surface area contributed by atoms with Gasteiger partial charge in [0.05, 0.1) is 13.1 Å². The highest BCUT2D eigenvalue weighted by Gasteiger charge is 2.51. The van der Waals surface area contributed by atoms with Crippen molar-refractivity contribution in [3.8, 4) is 11.1 Å². The molecule has 0 saturated carbocycles. The molecule has 2 heterocycles. The maximum Gasteiger partial charge on any atom is 0.415 e. The van der Waals surface area contributed by atoms with E-state index >= 15 is 0 Å². The fourth-order valence-electron chi connectivity index (χ4n) is 4.41.